The maximum Gasteiger partial charge on any atom is 0.374 e. The molecule has 0 aromatic carbocycles. The molecule has 2 unspecified atom stereocenters. The van der Waals surface area contributed by atoms with Crippen LogP contribution in [0.5, 0.6) is 0 Å². The lowest BCUT2D eigenvalue weighted by atomic mass is 9.76. The van der Waals surface area contributed by atoms with Crippen molar-refractivity contribution in [1.29, 1.82) is 10.5 Å². The zero-order chi connectivity index (χ0) is 44.7. The van der Waals surface area contributed by atoms with E-state index in [1.807, 2.05) is 12.1 Å². The number of rotatable bonds is 20. The summed E-state index contributed by atoms with van der Waals surface area (Å²) >= 11 is 0. The first-order valence-electron chi connectivity index (χ1n) is 17.5. The van der Waals surface area contributed by atoms with Gasteiger partial charge in [0, 0.05) is 32.6 Å². The molecule has 18 nitrogen and oxygen atoms in total. The molecule has 0 N–H and O–H groups in total. The van der Waals surface area contributed by atoms with Crippen molar-refractivity contribution in [3.8, 4) is 12.1 Å². The van der Waals surface area contributed by atoms with Gasteiger partial charge in [0.1, 0.15) is 40.9 Å². The van der Waals surface area contributed by atoms with Gasteiger partial charge in [-0.05, 0) is 68.2 Å². The van der Waals surface area contributed by atoms with Crippen LogP contribution in [0.15, 0.2) is 0 Å². The molecule has 0 spiro atoms. The van der Waals surface area contributed by atoms with Crippen LogP contribution in [0.1, 0.15) is 114 Å². The molecule has 0 saturated carbocycles. The van der Waals surface area contributed by atoms with Gasteiger partial charge in [0.2, 0.25) is 12.3 Å². The molecular formula is C38H57N3O15. The van der Waals surface area contributed by atoms with Crippen molar-refractivity contribution in [3.05, 3.63) is 11.4 Å². The summed E-state index contributed by atoms with van der Waals surface area (Å²) in [6.07, 6.45) is 1.16. The Balaban J connectivity index is -0.000000200. The van der Waals surface area contributed by atoms with Gasteiger partial charge in [0.05, 0.1) is 52.1 Å². The summed E-state index contributed by atoms with van der Waals surface area (Å²) in [7, 11) is 1.31. The lowest BCUT2D eigenvalue weighted by molar-refractivity contribution is -0.160. The summed E-state index contributed by atoms with van der Waals surface area (Å²) in [5, 5.41) is 16.9. The summed E-state index contributed by atoms with van der Waals surface area (Å²) in [4.78, 5) is 110. The first-order valence-corrected chi connectivity index (χ1v) is 17.5. The predicted molar refractivity (Wildman–Crippen MR) is 198 cm³/mol. The molecule has 2 atom stereocenters. The first-order chi connectivity index (χ1) is 26.2. The molecular weight excluding hydrogens is 738 g/mol. The fourth-order valence-corrected chi connectivity index (χ4v) is 3.58. The van der Waals surface area contributed by atoms with Gasteiger partial charge in [0.25, 0.3) is 0 Å². The third-order valence-corrected chi connectivity index (χ3v) is 6.43. The van der Waals surface area contributed by atoms with Crippen molar-refractivity contribution in [2.24, 2.45) is 11.3 Å². The Morgan fingerprint density at radius 2 is 1.20 bits per heavy atom. The molecule has 0 rings (SSSR count). The highest BCUT2D eigenvalue weighted by Gasteiger charge is 2.45. The second kappa shape index (κ2) is 38.9. The largest absolute Gasteiger partial charge is 0.469 e. The number of Topliss-reactive ketones (excluding diaryl/α,β-unsaturated/α-hetero) is 5. The minimum atomic E-state index is -1.32. The fraction of sp³-hybridized carbons (Fsp3) is 0.658. The van der Waals surface area contributed by atoms with Crippen molar-refractivity contribution in [2.45, 2.75) is 114 Å². The third kappa shape index (κ3) is 35.2. The van der Waals surface area contributed by atoms with Gasteiger partial charge >= 0.3 is 29.8 Å². The van der Waals surface area contributed by atoms with Gasteiger partial charge in [-0.25, -0.2) is 11.4 Å². The number of methoxy groups -OCH3 is 1. The molecule has 0 aromatic rings. The number of hydrogen-bond acceptors (Lipinski definition) is 17. The van der Waals surface area contributed by atoms with Gasteiger partial charge in [-0.15, -0.1) is 0 Å². The molecule has 0 aliphatic rings. The smallest absolute Gasteiger partial charge is 0.374 e. The Labute approximate surface area is 329 Å². The highest BCUT2D eigenvalue weighted by Crippen LogP contribution is 2.31. The lowest BCUT2D eigenvalue weighted by Gasteiger charge is -2.26. The van der Waals surface area contributed by atoms with Crippen molar-refractivity contribution in [2.75, 3.05) is 40.1 Å². The minimum absolute atomic E-state index is 0.0143. The fourth-order valence-electron chi connectivity index (χ4n) is 3.58. The quantitative estimate of drug-likeness (QED) is 0.0554. The Bertz CT molecular complexity index is 1380. The molecule has 0 radical (unpaired) electrons. The Morgan fingerprint density at radius 3 is 1.54 bits per heavy atom. The van der Waals surface area contributed by atoms with Crippen LogP contribution in [0.4, 0.5) is 0 Å². The van der Waals surface area contributed by atoms with Gasteiger partial charge in [-0.2, -0.15) is 10.5 Å². The number of nitrogens with zero attached hydrogens (tertiary/aromatic N) is 3. The van der Waals surface area contributed by atoms with E-state index >= 15 is 0 Å². The number of nitriles is 2. The molecule has 18 heteroatoms. The number of carbonyl (C=O) groups excluding carboxylic acids is 10. The molecule has 0 aliphatic heterocycles. The Morgan fingerprint density at radius 1 is 0.679 bits per heavy atom. The zero-order valence-corrected chi connectivity index (χ0v) is 34.2. The van der Waals surface area contributed by atoms with Crippen LogP contribution < -0.4 is 0 Å². The van der Waals surface area contributed by atoms with Crippen LogP contribution in [-0.4, -0.2) is 98.8 Å². The zero-order valence-electron chi connectivity index (χ0n) is 34.2. The highest BCUT2D eigenvalue weighted by molar-refractivity contribution is 6.32. The second-order valence-electron chi connectivity index (χ2n) is 11.0. The molecule has 56 heavy (non-hydrogen) atoms. The van der Waals surface area contributed by atoms with Crippen molar-refractivity contribution in [3.63, 3.8) is 0 Å². The predicted octanol–water partition coefficient (Wildman–Crippen LogP) is 3.99. The van der Waals surface area contributed by atoms with Gasteiger partial charge in [0.15, 0.2) is 0 Å². The van der Waals surface area contributed by atoms with E-state index in [0.717, 1.165) is 0 Å². The van der Waals surface area contributed by atoms with Gasteiger partial charge in [-0.1, -0.05) is 0 Å². The van der Waals surface area contributed by atoms with E-state index in [9.17, 15) is 47.9 Å². The van der Waals surface area contributed by atoms with E-state index in [1.165, 1.54) is 41.7 Å². The lowest BCUT2D eigenvalue weighted by Crippen LogP contribution is -2.40. The number of esters is 5. The average molecular weight is 796 g/mol. The molecule has 0 aromatic heterocycles. The molecule has 0 bridgehead atoms. The van der Waals surface area contributed by atoms with Crippen LogP contribution in [0.2, 0.25) is 0 Å². The second-order valence-corrected chi connectivity index (χ2v) is 11.0. The molecule has 314 valence electrons. The summed E-state index contributed by atoms with van der Waals surface area (Å²) in [5.41, 5.74) is -1.32. The maximum absolute atomic E-state index is 11.9. The van der Waals surface area contributed by atoms with Crippen molar-refractivity contribution < 1.29 is 71.6 Å². The standard InChI is InChI=1S/C12H16N2O3.C9H13NO3.2C6H10O3.C5H8O3/c1-4-17-11(16)12(10(2)15,6-5-8-13)7-9-14-3;1-3-13-9(12)8(7(2)11)5-4-6-10;1-5(7)3-4-6(8)9-2;1-3-9-6(8)4-5(2)7;1-3-8-5(7)4(2)6/h4-7,9H2,1-2H3;8H,3-5H2,1-2H3;2*3-4H2,1-2H3;3H2,1-2H3. The molecule has 0 aliphatic carbocycles. The van der Waals surface area contributed by atoms with E-state index in [4.69, 9.17) is 26.6 Å². The Hall–Kier alpha value is -5.83. The van der Waals surface area contributed by atoms with E-state index < -0.39 is 41.0 Å². The van der Waals surface area contributed by atoms with Crippen LogP contribution in [0, 0.1) is 40.6 Å². The average Bonchev–Trinajstić information content (AvgIpc) is 3.11. The molecule has 0 fully saturated rings. The summed E-state index contributed by atoms with van der Waals surface area (Å²) in [6.45, 7) is 21.2. The normalized spacial score (nSPS) is 10.6. The summed E-state index contributed by atoms with van der Waals surface area (Å²) in [6, 6.07) is 3.80. The van der Waals surface area contributed by atoms with Crippen LogP contribution in [-0.2, 0) is 71.6 Å². The van der Waals surface area contributed by atoms with Crippen LogP contribution in [0.3, 0.4) is 0 Å². The van der Waals surface area contributed by atoms with E-state index in [2.05, 4.69) is 19.1 Å². The molecule has 0 amide bonds. The highest BCUT2D eigenvalue weighted by atomic mass is 16.5. The molecule has 0 heterocycles. The maximum atomic E-state index is 11.9. The number of carbonyl (C=O) groups is 10. The summed E-state index contributed by atoms with van der Waals surface area (Å²) < 4.78 is 22.7. The van der Waals surface area contributed by atoms with Gasteiger partial charge < -0.3 is 33.3 Å². The van der Waals surface area contributed by atoms with E-state index in [0.29, 0.717) is 6.61 Å². The SMILES string of the molecule is CCOC(=O)C(C)=O.CCOC(=O)C(CCC#N)C(C)=O.CCOC(=O)CC(C)=O.COC(=O)CCC(C)=O.[C-]#[N+]CCC(CCC#N)(C(C)=O)C(=O)OCC. The van der Waals surface area contributed by atoms with Crippen molar-refractivity contribution in [1.82, 2.24) is 0 Å². The van der Waals surface area contributed by atoms with Crippen molar-refractivity contribution >= 4 is 58.8 Å². The van der Waals surface area contributed by atoms with E-state index in [-0.39, 0.29) is 107 Å². The topological polar surface area (TPSA) is 269 Å². The summed E-state index contributed by atoms with van der Waals surface area (Å²) in [5.74, 6) is -4.71. The number of ketones is 5. The van der Waals surface area contributed by atoms with Crippen LogP contribution >= 0.6 is 0 Å². The minimum Gasteiger partial charge on any atom is -0.469 e. The van der Waals surface area contributed by atoms with Gasteiger partial charge in [-0.3, -0.25) is 38.4 Å². The number of hydrogen-bond donors (Lipinski definition) is 0. The Kier molecular flexibility index (Phi) is 41.3. The third-order valence-electron chi connectivity index (χ3n) is 6.43. The van der Waals surface area contributed by atoms with Crippen LogP contribution in [0.25, 0.3) is 4.85 Å². The van der Waals surface area contributed by atoms with E-state index in [1.54, 1.807) is 27.7 Å². The monoisotopic (exact) mass is 795 g/mol. The first kappa shape index (κ1) is 59.4. The number of ether oxygens (including phenoxy) is 5. The molecule has 0 saturated heterocycles.